The van der Waals surface area contributed by atoms with Gasteiger partial charge in [-0.05, 0) is 23.6 Å². The van der Waals surface area contributed by atoms with E-state index >= 15 is 0 Å². The Bertz CT molecular complexity index is 949. The number of thiophene rings is 1. The smallest absolute Gasteiger partial charge is 0.262 e. The van der Waals surface area contributed by atoms with E-state index in [1.54, 1.807) is 32.4 Å². The molecular weight excluding hydrogens is 346 g/mol. The van der Waals surface area contributed by atoms with Gasteiger partial charge in [-0.1, -0.05) is 23.9 Å². The van der Waals surface area contributed by atoms with Crippen molar-refractivity contribution in [3.05, 3.63) is 46.1 Å². The van der Waals surface area contributed by atoms with Crippen molar-refractivity contribution in [2.24, 2.45) is 7.05 Å². The summed E-state index contributed by atoms with van der Waals surface area (Å²) in [5.41, 5.74) is 0.509. The second kappa shape index (κ2) is 7.06. The molecule has 3 rings (SSSR count). The quantitative estimate of drug-likeness (QED) is 0.559. The van der Waals surface area contributed by atoms with E-state index in [0.717, 1.165) is 0 Å². The topological polar surface area (TPSA) is 73.2 Å². The van der Waals surface area contributed by atoms with Crippen LogP contribution in [-0.2, 0) is 11.8 Å². The normalized spacial score (nSPS) is 10.8. The number of carbonyl (C=O) groups is 1. The number of carbonyl (C=O) groups excluding carboxylic acids is 1. The first kappa shape index (κ1) is 16.5. The lowest BCUT2D eigenvalue weighted by Crippen LogP contribution is -2.21. The van der Waals surface area contributed by atoms with Gasteiger partial charge in [0, 0.05) is 7.05 Å². The van der Waals surface area contributed by atoms with Gasteiger partial charge in [-0.3, -0.25) is 14.2 Å². The summed E-state index contributed by atoms with van der Waals surface area (Å²) < 4.78 is 6.67. The molecule has 24 heavy (non-hydrogen) atoms. The van der Waals surface area contributed by atoms with E-state index in [-0.39, 0.29) is 17.2 Å². The summed E-state index contributed by atoms with van der Waals surface area (Å²) in [7, 11) is 3.21. The third kappa shape index (κ3) is 3.29. The molecular formula is C16H15N3O3S2. The van der Waals surface area contributed by atoms with Crippen molar-refractivity contribution in [2.45, 2.75) is 5.16 Å². The fourth-order valence-corrected chi connectivity index (χ4v) is 3.75. The zero-order chi connectivity index (χ0) is 17.1. The largest absolute Gasteiger partial charge is 0.495 e. The lowest BCUT2D eigenvalue weighted by atomic mass is 10.3. The molecule has 1 aromatic carbocycles. The highest BCUT2D eigenvalue weighted by atomic mass is 32.2. The molecule has 0 radical (unpaired) electrons. The molecule has 0 fully saturated rings. The third-order valence-electron chi connectivity index (χ3n) is 3.38. The molecule has 0 aliphatic rings. The molecule has 3 aromatic rings. The maximum absolute atomic E-state index is 12.2. The summed E-state index contributed by atoms with van der Waals surface area (Å²) in [6.45, 7) is 0. The highest BCUT2D eigenvalue weighted by Crippen LogP contribution is 2.24. The van der Waals surface area contributed by atoms with Gasteiger partial charge in [0.15, 0.2) is 5.16 Å². The summed E-state index contributed by atoms with van der Waals surface area (Å²) in [6.07, 6.45) is 0. The fraction of sp³-hybridized carbons (Fsp3) is 0.188. The Morgan fingerprint density at radius 2 is 2.17 bits per heavy atom. The number of fused-ring (bicyclic) bond motifs is 1. The maximum atomic E-state index is 12.2. The standard InChI is InChI=1S/C16H15N3O3S2/c1-19-15(21)10-7-8-23-14(10)18-16(19)24-9-13(20)17-11-5-3-4-6-12(11)22-2/h3-8H,9H2,1-2H3,(H,17,20). The van der Waals surface area contributed by atoms with Gasteiger partial charge in [0.1, 0.15) is 10.6 Å². The molecule has 0 saturated carbocycles. The minimum atomic E-state index is -0.190. The number of aromatic nitrogens is 2. The molecule has 0 aliphatic heterocycles. The molecule has 0 atom stereocenters. The lowest BCUT2D eigenvalue weighted by Gasteiger charge is -2.10. The average Bonchev–Trinajstić information content (AvgIpc) is 3.06. The number of para-hydroxylation sites is 2. The van der Waals surface area contributed by atoms with Crippen LogP contribution in [0.5, 0.6) is 5.75 Å². The van der Waals surface area contributed by atoms with E-state index in [4.69, 9.17) is 4.74 Å². The van der Waals surface area contributed by atoms with Crippen LogP contribution in [0.15, 0.2) is 45.7 Å². The van der Waals surface area contributed by atoms with Crippen molar-refractivity contribution in [2.75, 3.05) is 18.2 Å². The monoisotopic (exact) mass is 361 g/mol. The minimum Gasteiger partial charge on any atom is -0.495 e. The van der Waals surface area contributed by atoms with Crippen molar-refractivity contribution < 1.29 is 9.53 Å². The van der Waals surface area contributed by atoms with Gasteiger partial charge >= 0.3 is 0 Å². The van der Waals surface area contributed by atoms with E-state index in [0.29, 0.717) is 26.8 Å². The molecule has 0 spiro atoms. The van der Waals surface area contributed by atoms with Gasteiger partial charge in [-0.25, -0.2) is 4.98 Å². The van der Waals surface area contributed by atoms with E-state index in [1.165, 1.54) is 27.7 Å². The summed E-state index contributed by atoms with van der Waals surface area (Å²) >= 11 is 2.64. The molecule has 0 bridgehead atoms. The van der Waals surface area contributed by atoms with Crippen LogP contribution in [0.1, 0.15) is 0 Å². The molecule has 8 heteroatoms. The van der Waals surface area contributed by atoms with E-state index in [2.05, 4.69) is 10.3 Å². The van der Waals surface area contributed by atoms with Crippen molar-refractivity contribution in [3.8, 4) is 5.75 Å². The number of ether oxygens (including phenoxy) is 1. The second-order valence-corrected chi connectivity index (χ2v) is 6.77. The van der Waals surface area contributed by atoms with Crippen LogP contribution in [0.25, 0.3) is 10.2 Å². The molecule has 0 aliphatic carbocycles. The molecule has 124 valence electrons. The Kier molecular flexibility index (Phi) is 4.86. The van der Waals surface area contributed by atoms with Gasteiger partial charge in [-0.15, -0.1) is 11.3 Å². The summed E-state index contributed by atoms with van der Waals surface area (Å²) in [5, 5.41) is 5.76. The SMILES string of the molecule is COc1ccccc1NC(=O)CSc1nc2sccc2c(=O)n1C. The fourth-order valence-electron chi connectivity index (χ4n) is 2.17. The predicted molar refractivity (Wildman–Crippen MR) is 97.2 cm³/mol. The third-order valence-corrected chi connectivity index (χ3v) is 5.21. The number of anilines is 1. The molecule has 2 aromatic heterocycles. The summed E-state index contributed by atoms with van der Waals surface area (Å²) in [4.78, 5) is 29.5. The van der Waals surface area contributed by atoms with E-state index < -0.39 is 0 Å². The molecule has 0 saturated heterocycles. The van der Waals surface area contributed by atoms with Crippen LogP contribution >= 0.6 is 23.1 Å². The number of hydrogen-bond acceptors (Lipinski definition) is 6. The Hall–Kier alpha value is -2.32. The number of rotatable bonds is 5. The van der Waals surface area contributed by atoms with Crippen molar-refractivity contribution in [1.82, 2.24) is 9.55 Å². The first-order chi connectivity index (χ1) is 11.6. The number of thioether (sulfide) groups is 1. The molecule has 0 unspecified atom stereocenters. The zero-order valence-corrected chi connectivity index (χ0v) is 14.7. The van der Waals surface area contributed by atoms with Crippen LogP contribution in [-0.4, -0.2) is 28.3 Å². The molecule has 1 N–H and O–H groups in total. The maximum Gasteiger partial charge on any atom is 0.262 e. The Labute approximate surface area is 146 Å². The van der Waals surface area contributed by atoms with Gasteiger partial charge in [-0.2, -0.15) is 0 Å². The lowest BCUT2D eigenvalue weighted by molar-refractivity contribution is -0.113. The highest BCUT2D eigenvalue weighted by Gasteiger charge is 2.12. The zero-order valence-electron chi connectivity index (χ0n) is 13.1. The number of nitrogens with one attached hydrogen (secondary N) is 1. The number of methoxy groups -OCH3 is 1. The van der Waals surface area contributed by atoms with Crippen LogP contribution in [0.4, 0.5) is 5.69 Å². The number of nitrogens with zero attached hydrogens (tertiary/aromatic N) is 2. The first-order valence-corrected chi connectivity index (χ1v) is 8.96. The number of hydrogen-bond donors (Lipinski definition) is 1. The molecule has 1 amide bonds. The van der Waals surface area contributed by atoms with E-state index in [9.17, 15) is 9.59 Å². The van der Waals surface area contributed by atoms with Gasteiger partial charge in [0.25, 0.3) is 5.56 Å². The summed E-state index contributed by atoms with van der Waals surface area (Å²) in [5.74, 6) is 0.557. The van der Waals surface area contributed by atoms with Crippen molar-refractivity contribution in [1.29, 1.82) is 0 Å². The van der Waals surface area contributed by atoms with Crippen LogP contribution in [0, 0.1) is 0 Å². The Morgan fingerprint density at radius 3 is 2.96 bits per heavy atom. The van der Waals surface area contributed by atoms with Crippen LogP contribution in [0.3, 0.4) is 0 Å². The minimum absolute atomic E-state index is 0.103. The number of benzene rings is 1. The second-order valence-electron chi connectivity index (χ2n) is 4.94. The molecule has 6 nitrogen and oxygen atoms in total. The number of amides is 1. The van der Waals surface area contributed by atoms with Crippen LogP contribution < -0.4 is 15.6 Å². The van der Waals surface area contributed by atoms with Gasteiger partial charge < -0.3 is 10.1 Å². The van der Waals surface area contributed by atoms with Crippen LogP contribution in [0.2, 0.25) is 0 Å². The Morgan fingerprint density at radius 1 is 1.38 bits per heavy atom. The van der Waals surface area contributed by atoms with Gasteiger partial charge in [0.05, 0.1) is 23.9 Å². The average molecular weight is 361 g/mol. The highest BCUT2D eigenvalue weighted by molar-refractivity contribution is 7.99. The van der Waals surface area contributed by atoms with Gasteiger partial charge in [0.2, 0.25) is 5.91 Å². The molecule has 2 heterocycles. The Balaban J connectivity index is 1.73. The predicted octanol–water partition coefficient (Wildman–Crippen LogP) is 2.73. The summed E-state index contributed by atoms with van der Waals surface area (Å²) in [6, 6.07) is 8.96. The van der Waals surface area contributed by atoms with Crippen molar-refractivity contribution >= 4 is 44.9 Å². The van der Waals surface area contributed by atoms with E-state index in [1.807, 2.05) is 17.5 Å². The first-order valence-electron chi connectivity index (χ1n) is 7.10. The van der Waals surface area contributed by atoms with Crippen molar-refractivity contribution in [3.63, 3.8) is 0 Å².